The van der Waals surface area contributed by atoms with Crippen molar-refractivity contribution in [3.05, 3.63) is 69.3 Å². The molecular formula is C20H14N4O6. The fourth-order valence-corrected chi connectivity index (χ4v) is 2.25. The molecule has 0 aliphatic rings. The highest BCUT2D eigenvalue weighted by atomic mass is 16.6. The number of carbonyl (C=O) groups is 2. The van der Waals surface area contributed by atoms with Crippen LogP contribution in [0.1, 0.15) is 11.1 Å². The predicted molar refractivity (Wildman–Crippen MR) is 104 cm³/mol. The molecule has 0 spiro atoms. The van der Waals surface area contributed by atoms with E-state index in [1.54, 1.807) is 36.4 Å². The molecule has 0 unspecified atom stereocenters. The molecule has 0 aliphatic heterocycles. The lowest BCUT2D eigenvalue weighted by Crippen LogP contribution is -2.21. The Balaban J connectivity index is 2.02. The van der Waals surface area contributed by atoms with Gasteiger partial charge in [0.25, 0.3) is 11.6 Å². The molecule has 0 saturated carbocycles. The van der Waals surface area contributed by atoms with Gasteiger partial charge in [-0.2, -0.15) is 10.5 Å². The first kappa shape index (κ1) is 21.6. The van der Waals surface area contributed by atoms with E-state index in [1.165, 1.54) is 19.3 Å². The Bertz CT molecular complexity index is 1090. The van der Waals surface area contributed by atoms with E-state index in [4.69, 9.17) is 20.0 Å². The Morgan fingerprint density at radius 2 is 1.90 bits per heavy atom. The molecule has 0 fully saturated rings. The molecule has 0 saturated heterocycles. The molecule has 1 amide bonds. The van der Waals surface area contributed by atoms with Crippen LogP contribution < -0.4 is 10.1 Å². The standard InChI is InChI=1S/C20H14N4O6/c1-29-17-5-2-13(3-6-17)8-15(11-22)20(26)30-12-19(25)23-18-7-4-16(24(27)28)9-14(18)10-21/h2-9H,12H2,1H3,(H,23,25)/b15-8+. The van der Waals surface area contributed by atoms with Gasteiger partial charge in [0.1, 0.15) is 23.5 Å². The summed E-state index contributed by atoms with van der Waals surface area (Å²) in [6, 6.07) is 13.3. The lowest BCUT2D eigenvalue weighted by molar-refractivity contribution is -0.384. The lowest BCUT2D eigenvalue weighted by Gasteiger charge is -2.07. The minimum atomic E-state index is -1.01. The fraction of sp³-hybridized carbons (Fsp3) is 0.100. The van der Waals surface area contributed by atoms with Gasteiger partial charge in [-0.1, -0.05) is 12.1 Å². The van der Waals surface area contributed by atoms with Gasteiger partial charge in [0.2, 0.25) is 0 Å². The van der Waals surface area contributed by atoms with E-state index < -0.39 is 23.4 Å². The van der Waals surface area contributed by atoms with Crippen molar-refractivity contribution in [3.63, 3.8) is 0 Å². The van der Waals surface area contributed by atoms with Gasteiger partial charge in [-0.25, -0.2) is 4.79 Å². The first-order valence-corrected chi connectivity index (χ1v) is 8.29. The zero-order valence-corrected chi connectivity index (χ0v) is 15.6. The van der Waals surface area contributed by atoms with E-state index in [2.05, 4.69) is 5.32 Å². The minimum absolute atomic E-state index is 0.0263. The molecule has 0 aliphatic carbocycles. The number of esters is 1. The van der Waals surface area contributed by atoms with Gasteiger partial charge in [0.15, 0.2) is 6.61 Å². The largest absolute Gasteiger partial charge is 0.497 e. The monoisotopic (exact) mass is 406 g/mol. The van der Waals surface area contributed by atoms with Crippen molar-refractivity contribution in [2.45, 2.75) is 0 Å². The van der Waals surface area contributed by atoms with Crippen LogP contribution in [0.2, 0.25) is 0 Å². The fourth-order valence-electron chi connectivity index (χ4n) is 2.25. The maximum absolute atomic E-state index is 12.1. The lowest BCUT2D eigenvalue weighted by atomic mass is 10.1. The van der Waals surface area contributed by atoms with Gasteiger partial charge in [-0.3, -0.25) is 14.9 Å². The van der Waals surface area contributed by atoms with Crippen LogP contribution >= 0.6 is 0 Å². The Hall–Kier alpha value is -4.70. The van der Waals surface area contributed by atoms with Crippen LogP contribution in [0.15, 0.2) is 48.0 Å². The Morgan fingerprint density at radius 1 is 1.20 bits per heavy atom. The molecule has 0 bridgehead atoms. The highest BCUT2D eigenvalue weighted by Crippen LogP contribution is 2.21. The Morgan fingerprint density at radius 3 is 2.47 bits per heavy atom. The van der Waals surface area contributed by atoms with Crippen molar-refractivity contribution in [1.29, 1.82) is 10.5 Å². The second-order valence-electron chi connectivity index (χ2n) is 5.67. The maximum atomic E-state index is 12.1. The number of non-ortho nitro benzene ring substituents is 1. The zero-order chi connectivity index (χ0) is 22.1. The van der Waals surface area contributed by atoms with E-state index >= 15 is 0 Å². The minimum Gasteiger partial charge on any atom is -0.497 e. The second kappa shape index (κ2) is 10.0. The first-order valence-electron chi connectivity index (χ1n) is 8.29. The number of anilines is 1. The van der Waals surface area contributed by atoms with Crippen LogP contribution in [0, 0.1) is 32.8 Å². The summed E-state index contributed by atoms with van der Waals surface area (Å²) in [6.45, 7) is -0.720. The zero-order valence-electron chi connectivity index (χ0n) is 15.6. The summed E-state index contributed by atoms with van der Waals surface area (Å²) in [4.78, 5) is 34.1. The number of carbonyl (C=O) groups excluding carboxylic acids is 2. The van der Waals surface area contributed by atoms with Crippen LogP contribution in [0.5, 0.6) is 5.75 Å². The van der Waals surface area contributed by atoms with E-state index in [0.29, 0.717) is 11.3 Å². The van der Waals surface area contributed by atoms with Crippen LogP contribution in [-0.4, -0.2) is 30.5 Å². The molecule has 0 heterocycles. The number of benzene rings is 2. The SMILES string of the molecule is COc1ccc(/C=C(\C#N)C(=O)OCC(=O)Nc2ccc([N+](=O)[O-])cc2C#N)cc1. The van der Waals surface area contributed by atoms with Crippen molar-refractivity contribution in [3.8, 4) is 17.9 Å². The number of methoxy groups -OCH3 is 1. The summed E-state index contributed by atoms with van der Waals surface area (Å²) >= 11 is 0. The van der Waals surface area contributed by atoms with Gasteiger partial charge in [-0.05, 0) is 29.8 Å². The third-order valence-electron chi connectivity index (χ3n) is 3.71. The van der Waals surface area contributed by atoms with Crippen molar-refractivity contribution in [2.24, 2.45) is 0 Å². The van der Waals surface area contributed by atoms with Crippen LogP contribution in [0.3, 0.4) is 0 Å². The number of nitrogens with zero attached hydrogens (tertiary/aromatic N) is 3. The van der Waals surface area contributed by atoms with Crippen LogP contribution in [0.25, 0.3) is 6.08 Å². The number of hydrogen-bond donors (Lipinski definition) is 1. The first-order chi connectivity index (χ1) is 14.4. The molecule has 150 valence electrons. The molecule has 0 radical (unpaired) electrons. The maximum Gasteiger partial charge on any atom is 0.349 e. The van der Waals surface area contributed by atoms with Crippen LogP contribution in [-0.2, 0) is 14.3 Å². The normalized spacial score (nSPS) is 10.3. The Labute approximate surface area is 170 Å². The van der Waals surface area contributed by atoms with Crippen molar-refractivity contribution in [1.82, 2.24) is 0 Å². The number of hydrogen-bond acceptors (Lipinski definition) is 8. The van der Waals surface area contributed by atoms with Crippen molar-refractivity contribution >= 4 is 29.3 Å². The smallest absolute Gasteiger partial charge is 0.349 e. The van der Waals surface area contributed by atoms with Gasteiger partial charge in [-0.15, -0.1) is 0 Å². The summed E-state index contributed by atoms with van der Waals surface area (Å²) in [5, 5.41) is 31.3. The summed E-state index contributed by atoms with van der Waals surface area (Å²) in [5.74, 6) is -1.18. The average molecular weight is 406 g/mol. The summed E-state index contributed by atoms with van der Waals surface area (Å²) in [7, 11) is 1.50. The quantitative estimate of drug-likeness (QED) is 0.242. The topological polar surface area (TPSA) is 155 Å². The van der Waals surface area contributed by atoms with E-state index in [0.717, 1.165) is 12.1 Å². The number of ether oxygens (including phenoxy) is 2. The molecular weight excluding hydrogens is 392 g/mol. The van der Waals surface area contributed by atoms with E-state index in [-0.39, 0.29) is 22.5 Å². The average Bonchev–Trinajstić information content (AvgIpc) is 2.76. The highest BCUT2D eigenvalue weighted by Gasteiger charge is 2.16. The van der Waals surface area contributed by atoms with Gasteiger partial charge < -0.3 is 14.8 Å². The van der Waals surface area contributed by atoms with Crippen LogP contribution in [0.4, 0.5) is 11.4 Å². The second-order valence-corrected chi connectivity index (χ2v) is 5.67. The highest BCUT2D eigenvalue weighted by molar-refractivity contribution is 6.00. The molecule has 0 atom stereocenters. The Kier molecular flexibility index (Phi) is 7.21. The number of amides is 1. The van der Waals surface area contributed by atoms with Gasteiger partial charge >= 0.3 is 5.97 Å². The van der Waals surface area contributed by atoms with E-state index in [1.807, 2.05) is 0 Å². The third-order valence-corrected chi connectivity index (χ3v) is 3.71. The molecule has 30 heavy (non-hydrogen) atoms. The van der Waals surface area contributed by atoms with Gasteiger partial charge in [0, 0.05) is 12.1 Å². The number of nitro benzene ring substituents is 1. The summed E-state index contributed by atoms with van der Waals surface area (Å²) < 4.78 is 9.85. The molecule has 10 nitrogen and oxygen atoms in total. The van der Waals surface area contributed by atoms with Crippen molar-refractivity contribution < 1.29 is 24.0 Å². The number of nitro groups is 1. The molecule has 1 N–H and O–H groups in total. The summed E-state index contributed by atoms with van der Waals surface area (Å²) in [5.41, 5.74) is -0.169. The molecule has 2 rings (SSSR count). The number of nitriles is 2. The predicted octanol–water partition coefficient (Wildman–Crippen LogP) is 2.56. The van der Waals surface area contributed by atoms with Crippen molar-refractivity contribution in [2.75, 3.05) is 19.0 Å². The van der Waals surface area contributed by atoms with Gasteiger partial charge in [0.05, 0.1) is 23.3 Å². The number of nitrogens with one attached hydrogen (secondary N) is 1. The van der Waals surface area contributed by atoms with E-state index in [9.17, 15) is 19.7 Å². The third kappa shape index (κ3) is 5.65. The molecule has 0 aromatic heterocycles. The summed E-state index contributed by atoms with van der Waals surface area (Å²) in [6.07, 6.45) is 1.30. The molecule has 2 aromatic carbocycles. The molecule has 2 aromatic rings. The number of rotatable bonds is 7. The molecule has 10 heteroatoms.